The van der Waals surface area contributed by atoms with Gasteiger partial charge in [0.1, 0.15) is 5.75 Å². The van der Waals surface area contributed by atoms with E-state index >= 15 is 0 Å². The maximum atomic E-state index is 12.1. The van der Waals surface area contributed by atoms with Gasteiger partial charge in [-0.3, -0.25) is 19.7 Å². The van der Waals surface area contributed by atoms with E-state index < -0.39 is 29.3 Å². The Morgan fingerprint density at radius 2 is 1.73 bits per heavy atom. The van der Waals surface area contributed by atoms with Crippen molar-refractivity contribution in [2.75, 3.05) is 6.61 Å². The van der Waals surface area contributed by atoms with Crippen LogP contribution in [0.3, 0.4) is 0 Å². The molecule has 0 heterocycles. The number of ketones is 1. The summed E-state index contributed by atoms with van der Waals surface area (Å²) < 4.78 is 9.82. The van der Waals surface area contributed by atoms with E-state index in [2.05, 4.69) is 0 Å². The van der Waals surface area contributed by atoms with Crippen LogP contribution in [-0.2, 0) is 9.53 Å². The number of Topliss-reactive ketones (excluding diaryl/α,β-unsaturated/α-hetero) is 1. The van der Waals surface area contributed by atoms with Crippen molar-refractivity contribution < 1.29 is 28.8 Å². The molecule has 8 nitrogen and oxygen atoms in total. The van der Waals surface area contributed by atoms with Gasteiger partial charge in [0.15, 0.2) is 12.4 Å². The van der Waals surface area contributed by atoms with Crippen molar-refractivity contribution in [3.8, 4) is 5.75 Å². The van der Waals surface area contributed by atoms with Crippen molar-refractivity contribution in [1.29, 1.82) is 0 Å². The minimum Gasteiger partial charge on any atom is -0.454 e. The highest BCUT2D eigenvalue weighted by Gasteiger charge is 2.20. The second kappa shape index (κ2) is 8.02. The van der Waals surface area contributed by atoms with Crippen LogP contribution in [0.4, 0.5) is 5.69 Å². The van der Waals surface area contributed by atoms with Crippen molar-refractivity contribution in [1.82, 2.24) is 0 Å². The van der Waals surface area contributed by atoms with E-state index in [0.29, 0.717) is 5.75 Å². The number of nitrogens with zero attached hydrogens (tertiary/aromatic N) is 1. The van der Waals surface area contributed by atoms with Crippen molar-refractivity contribution >= 4 is 23.4 Å². The van der Waals surface area contributed by atoms with Gasteiger partial charge in [-0.2, -0.15) is 0 Å². The maximum Gasteiger partial charge on any atom is 0.339 e. The number of hydrogen-bond donors (Lipinski definition) is 0. The molecule has 0 bridgehead atoms. The van der Waals surface area contributed by atoms with Gasteiger partial charge in [0.25, 0.3) is 5.69 Å². The number of ether oxygens (including phenoxy) is 2. The highest BCUT2D eigenvalue weighted by atomic mass is 16.6. The normalized spacial score (nSPS) is 10.1. The van der Waals surface area contributed by atoms with E-state index in [0.717, 1.165) is 0 Å². The molecular weight excluding hydrogens is 342 g/mol. The number of rotatable bonds is 6. The molecule has 0 atom stereocenters. The summed E-state index contributed by atoms with van der Waals surface area (Å²) in [7, 11) is 0. The molecule has 0 saturated heterocycles. The first kappa shape index (κ1) is 18.8. The Morgan fingerprint density at radius 3 is 2.31 bits per heavy atom. The number of esters is 2. The fourth-order valence-electron chi connectivity index (χ4n) is 2.21. The Labute approximate surface area is 148 Å². The predicted molar refractivity (Wildman–Crippen MR) is 90.2 cm³/mol. The third-order valence-corrected chi connectivity index (χ3v) is 3.49. The van der Waals surface area contributed by atoms with Crippen LogP contribution >= 0.6 is 0 Å². The molecule has 0 unspecified atom stereocenters. The summed E-state index contributed by atoms with van der Waals surface area (Å²) in [5.41, 5.74) is 0.259. The Bertz CT molecular complexity index is 872. The van der Waals surface area contributed by atoms with Gasteiger partial charge < -0.3 is 9.47 Å². The van der Waals surface area contributed by atoms with Crippen molar-refractivity contribution in [3.05, 3.63) is 69.3 Å². The first-order valence-corrected chi connectivity index (χ1v) is 7.52. The average Bonchev–Trinajstić information content (AvgIpc) is 2.59. The second-order valence-corrected chi connectivity index (χ2v) is 5.32. The first-order chi connectivity index (χ1) is 12.3. The van der Waals surface area contributed by atoms with Crippen molar-refractivity contribution in [3.63, 3.8) is 0 Å². The molecule has 0 radical (unpaired) electrons. The van der Waals surface area contributed by atoms with Gasteiger partial charge in [-0.1, -0.05) is 6.07 Å². The summed E-state index contributed by atoms with van der Waals surface area (Å²) in [6.07, 6.45) is 0. The SMILES string of the molecule is CC(=O)Oc1ccc(C(=O)COC(=O)c2cccc([N+](=O)[O-])c2C)cc1. The summed E-state index contributed by atoms with van der Waals surface area (Å²) in [6.45, 7) is 2.17. The van der Waals surface area contributed by atoms with Gasteiger partial charge in [-0.05, 0) is 37.3 Å². The summed E-state index contributed by atoms with van der Waals surface area (Å²) in [4.78, 5) is 45.3. The number of carbonyl (C=O) groups is 3. The standard InChI is InChI=1S/C18H15NO7/c1-11-15(4-3-5-16(11)19(23)24)18(22)25-10-17(21)13-6-8-14(9-7-13)26-12(2)20/h3-9H,10H2,1-2H3. The fourth-order valence-corrected chi connectivity index (χ4v) is 2.21. The van der Waals surface area contributed by atoms with Crippen LogP contribution in [0.25, 0.3) is 0 Å². The van der Waals surface area contributed by atoms with E-state index in [-0.39, 0.29) is 22.4 Å². The van der Waals surface area contributed by atoms with Crippen LogP contribution in [-0.4, -0.2) is 29.3 Å². The molecule has 2 rings (SSSR count). The van der Waals surface area contributed by atoms with Gasteiger partial charge in [-0.15, -0.1) is 0 Å². The molecule has 8 heteroatoms. The monoisotopic (exact) mass is 357 g/mol. The first-order valence-electron chi connectivity index (χ1n) is 7.52. The molecule has 2 aromatic carbocycles. The van der Waals surface area contributed by atoms with E-state index in [9.17, 15) is 24.5 Å². The van der Waals surface area contributed by atoms with Crippen LogP contribution in [0.1, 0.15) is 33.2 Å². The average molecular weight is 357 g/mol. The molecular formula is C18H15NO7. The third-order valence-electron chi connectivity index (χ3n) is 3.49. The molecule has 0 spiro atoms. The van der Waals surface area contributed by atoms with Gasteiger partial charge in [0.05, 0.1) is 10.5 Å². The Balaban J connectivity index is 2.03. The maximum absolute atomic E-state index is 12.1. The molecule has 0 saturated carbocycles. The van der Waals surface area contributed by atoms with Crippen molar-refractivity contribution in [2.45, 2.75) is 13.8 Å². The van der Waals surface area contributed by atoms with E-state index in [1.54, 1.807) is 0 Å². The molecule has 0 aromatic heterocycles. The molecule has 2 aromatic rings. The van der Waals surface area contributed by atoms with Gasteiger partial charge in [-0.25, -0.2) is 4.79 Å². The number of nitro benzene ring substituents is 1. The van der Waals surface area contributed by atoms with Gasteiger partial charge >= 0.3 is 11.9 Å². The number of nitro groups is 1. The number of benzene rings is 2. The van der Waals surface area contributed by atoms with E-state index in [1.807, 2.05) is 0 Å². The Morgan fingerprint density at radius 1 is 1.08 bits per heavy atom. The summed E-state index contributed by atoms with van der Waals surface area (Å²) in [6, 6.07) is 9.81. The Kier molecular flexibility index (Phi) is 5.79. The number of hydrogen-bond acceptors (Lipinski definition) is 7. The molecule has 0 aliphatic heterocycles. The molecule has 0 aliphatic carbocycles. The topological polar surface area (TPSA) is 113 Å². The lowest BCUT2D eigenvalue weighted by Gasteiger charge is -2.07. The molecule has 0 fully saturated rings. The lowest BCUT2D eigenvalue weighted by atomic mass is 10.1. The molecule has 0 N–H and O–H groups in total. The summed E-state index contributed by atoms with van der Waals surface area (Å²) in [5.74, 6) is -1.48. The van der Waals surface area contributed by atoms with Gasteiger partial charge in [0, 0.05) is 24.1 Å². The lowest BCUT2D eigenvalue weighted by Crippen LogP contribution is -2.15. The zero-order valence-electron chi connectivity index (χ0n) is 14.1. The molecule has 0 aliphatic rings. The zero-order chi connectivity index (χ0) is 19.3. The third kappa shape index (κ3) is 4.50. The van der Waals surface area contributed by atoms with Crippen LogP contribution in [0.2, 0.25) is 0 Å². The largest absolute Gasteiger partial charge is 0.454 e. The predicted octanol–water partition coefficient (Wildman–Crippen LogP) is 2.87. The second-order valence-electron chi connectivity index (χ2n) is 5.32. The van der Waals surface area contributed by atoms with E-state index in [4.69, 9.17) is 9.47 Å². The minimum absolute atomic E-state index is 0.0252. The summed E-state index contributed by atoms with van der Waals surface area (Å²) >= 11 is 0. The smallest absolute Gasteiger partial charge is 0.339 e. The van der Waals surface area contributed by atoms with Crippen LogP contribution < -0.4 is 4.74 Å². The zero-order valence-corrected chi connectivity index (χ0v) is 14.1. The van der Waals surface area contributed by atoms with Crippen molar-refractivity contribution in [2.24, 2.45) is 0 Å². The molecule has 0 amide bonds. The van der Waals surface area contributed by atoms with E-state index in [1.165, 1.54) is 56.3 Å². The van der Waals surface area contributed by atoms with Crippen LogP contribution in [0.5, 0.6) is 5.75 Å². The number of carbonyl (C=O) groups excluding carboxylic acids is 3. The highest BCUT2D eigenvalue weighted by molar-refractivity contribution is 6.00. The van der Waals surface area contributed by atoms with Gasteiger partial charge in [0.2, 0.25) is 0 Å². The highest BCUT2D eigenvalue weighted by Crippen LogP contribution is 2.21. The van der Waals surface area contributed by atoms with Crippen LogP contribution in [0, 0.1) is 17.0 Å². The lowest BCUT2D eigenvalue weighted by molar-refractivity contribution is -0.385. The Hall–Kier alpha value is -3.55. The fraction of sp³-hybridized carbons (Fsp3) is 0.167. The summed E-state index contributed by atoms with van der Waals surface area (Å²) in [5, 5.41) is 10.9. The molecule has 134 valence electrons. The minimum atomic E-state index is -0.823. The van der Waals surface area contributed by atoms with Crippen LogP contribution in [0.15, 0.2) is 42.5 Å². The molecule has 26 heavy (non-hydrogen) atoms. The quantitative estimate of drug-likeness (QED) is 0.257.